The number of nitrogens with zero attached hydrogens (tertiary/aromatic N) is 2. The summed E-state index contributed by atoms with van der Waals surface area (Å²) in [5, 5.41) is 15.8. The predicted octanol–water partition coefficient (Wildman–Crippen LogP) is 3.12. The van der Waals surface area contributed by atoms with Crippen LogP contribution in [0.1, 0.15) is 62.7 Å². The van der Waals surface area contributed by atoms with E-state index in [-0.39, 0.29) is 12.2 Å². The van der Waals surface area contributed by atoms with Crippen molar-refractivity contribution in [2.24, 2.45) is 5.92 Å². The number of halogens is 1. The average Bonchev–Trinajstić information content (AvgIpc) is 3.26. The van der Waals surface area contributed by atoms with E-state index in [1.807, 2.05) is 11.3 Å². The van der Waals surface area contributed by atoms with Crippen molar-refractivity contribution in [3.8, 4) is 5.75 Å². The number of hydrazine groups is 2. The molecule has 1 unspecified atom stereocenters. The fourth-order valence-corrected chi connectivity index (χ4v) is 3.90. The van der Waals surface area contributed by atoms with Gasteiger partial charge in [0.2, 0.25) is 0 Å². The minimum atomic E-state index is -0.631. The van der Waals surface area contributed by atoms with E-state index in [4.69, 9.17) is 14.7 Å². The molecule has 0 spiro atoms. The SMILES string of the molecule is CCCC1=CN(N2CCC(CCCOc3ccc(C(=O)NC(C)CO)c(F)c3)CC2)NO1. The van der Waals surface area contributed by atoms with Crippen molar-refractivity contribution in [1.29, 1.82) is 0 Å². The number of aliphatic hydroxyl groups excluding tert-OH is 1. The Morgan fingerprint density at radius 3 is 2.88 bits per heavy atom. The Morgan fingerprint density at radius 1 is 1.41 bits per heavy atom. The highest BCUT2D eigenvalue weighted by molar-refractivity contribution is 5.94. The lowest BCUT2D eigenvalue weighted by Crippen LogP contribution is -2.48. The maximum absolute atomic E-state index is 14.3. The molecule has 1 atom stereocenters. The second-order valence-electron chi connectivity index (χ2n) is 8.47. The molecule has 2 aliphatic heterocycles. The van der Waals surface area contributed by atoms with E-state index in [1.54, 1.807) is 13.0 Å². The molecule has 0 bridgehead atoms. The van der Waals surface area contributed by atoms with Crippen LogP contribution in [0.4, 0.5) is 4.39 Å². The van der Waals surface area contributed by atoms with Crippen molar-refractivity contribution in [2.75, 3.05) is 26.3 Å². The zero-order valence-corrected chi connectivity index (χ0v) is 19.0. The number of allylic oxidation sites excluding steroid dienone is 1. The van der Waals surface area contributed by atoms with Crippen molar-refractivity contribution in [1.82, 2.24) is 21.0 Å². The minimum Gasteiger partial charge on any atom is -0.493 e. The van der Waals surface area contributed by atoms with Gasteiger partial charge in [-0.3, -0.25) is 4.79 Å². The summed E-state index contributed by atoms with van der Waals surface area (Å²) in [6, 6.07) is 3.82. The Morgan fingerprint density at radius 2 is 2.19 bits per heavy atom. The van der Waals surface area contributed by atoms with Gasteiger partial charge in [0.1, 0.15) is 17.3 Å². The van der Waals surface area contributed by atoms with E-state index in [0.29, 0.717) is 18.3 Å². The van der Waals surface area contributed by atoms with Crippen LogP contribution < -0.4 is 15.6 Å². The molecular formula is C23H35FN4O4. The maximum atomic E-state index is 14.3. The molecule has 2 heterocycles. The highest BCUT2D eigenvalue weighted by Crippen LogP contribution is 2.25. The van der Waals surface area contributed by atoms with Crippen molar-refractivity contribution in [2.45, 2.75) is 58.4 Å². The van der Waals surface area contributed by atoms with E-state index in [1.165, 1.54) is 12.1 Å². The van der Waals surface area contributed by atoms with Crippen molar-refractivity contribution >= 4 is 5.91 Å². The molecule has 0 radical (unpaired) electrons. The smallest absolute Gasteiger partial charge is 0.254 e. The summed E-state index contributed by atoms with van der Waals surface area (Å²) < 4.78 is 19.9. The Labute approximate surface area is 189 Å². The predicted molar refractivity (Wildman–Crippen MR) is 118 cm³/mol. The third-order valence-electron chi connectivity index (χ3n) is 5.79. The standard InChI is InChI=1S/C23H35FN4O4/c1-3-5-20-15-28(26-32-20)27-11-9-18(10-12-27)6-4-13-31-19-7-8-21(22(24)14-19)23(30)25-17(2)16-29/h7-8,14-15,17-18,26,29H,3-6,9-13,16H2,1-2H3,(H,25,30). The van der Waals surface area contributed by atoms with Crippen LogP contribution in [0.15, 0.2) is 30.2 Å². The highest BCUT2D eigenvalue weighted by atomic mass is 19.1. The largest absolute Gasteiger partial charge is 0.493 e. The monoisotopic (exact) mass is 450 g/mol. The van der Waals surface area contributed by atoms with Crippen LogP contribution in [0.2, 0.25) is 0 Å². The van der Waals surface area contributed by atoms with Gasteiger partial charge in [-0.15, -0.1) is 0 Å². The molecule has 2 aliphatic rings. The number of amides is 1. The lowest BCUT2D eigenvalue weighted by Gasteiger charge is -2.36. The van der Waals surface area contributed by atoms with Gasteiger partial charge in [0.25, 0.3) is 5.91 Å². The van der Waals surface area contributed by atoms with E-state index in [9.17, 15) is 9.18 Å². The van der Waals surface area contributed by atoms with Crippen molar-refractivity contribution in [3.05, 3.63) is 41.5 Å². The minimum absolute atomic E-state index is 0.0565. The molecule has 32 heavy (non-hydrogen) atoms. The second-order valence-corrected chi connectivity index (χ2v) is 8.47. The molecule has 1 aromatic rings. The normalized spacial score (nSPS) is 18.2. The van der Waals surface area contributed by atoms with E-state index < -0.39 is 17.8 Å². The van der Waals surface area contributed by atoms with Crippen molar-refractivity contribution < 1.29 is 23.9 Å². The molecule has 1 aromatic carbocycles. The number of carbonyl (C=O) groups is 1. The number of rotatable bonds is 11. The van der Waals surface area contributed by atoms with Crippen LogP contribution >= 0.6 is 0 Å². The van der Waals surface area contributed by atoms with Crippen LogP contribution in [0.3, 0.4) is 0 Å². The zero-order valence-electron chi connectivity index (χ0n) is 19.0. The molecule has 1 fully saturated rings. The number of ether oxygens (including phenoxy) is 1. The van der Waals surface area contributed by atoms with Gasteiger partial charge in [-0.2, -0.15) is 0 Å². The number of benzene rings is 1. The quantitative estimate of drug-likeness (QED) is 0.447. The molecule has 1 amide bonds. The number of piperidine rings is 1. The molecule has 9 heteroatoms. The van der Waals surface area contributed by atoms with E-state index in [2.05, 4.69) is 22.8 Å². The number of carbonyl (C=O) groups excluding carboxylic acids is 1. The van der Waals surface area contributed by atoms with Gasteiger partial charge in [-0.05, 0) is 57.1 Å². The lowest BCUT2D eigenvalue weighted by molar-refractivity contribution is -0.121. The fraction of sp³-hybridized carbons (Fsp3) is 0.609. The van der Waals surface area contributed by atoms with Crippen molar-refractivity contribution in [3.63, 3.8) is 0 Å². The molecule has 3 rings (SSSR count). The van der Waals surface area contributed by atoms with Crippen LogP contribution in [-0.2, 0) is 4.84 Å². The molecule has 8 nitrogen and oxygen atoms in total. The fourth-order valence-electron chi connectivity index (χ4n) is 3.90. The maximum Gasteiger partial charge on any atom is 0.254 e. The number of hydrogen-bond donors (Lipinski definition) is 3. The molecule has 0 aliphatic carbocycles. The summed E-state index contributed by atoms with van der Waals surface area (Å²) in [7, 11) is 0. The van der Waals surface area contributed by atoms with Crippen LogP contribution in [0, 0.1) is 11.7 Å². The summed E-state index contributed by atoms with van der Waals surface area (Å²) in [4.78, 5) is 17.5. The van der Waals surface area contributed by atoms with Crippen LogP contribution in [0.5, 0.6) is 5.75 Å². The number of aliphatic hydroxyl groups is 1. The molecule has 0 aromatic heterocycles. The van der Waals surface area contributed by atoms with Gasteiger partial charge in [-0.1, -0.05) is 12.5 Å². The van der Waals surface area contributed by atoms with Gasteiger partial charge in [0.05, 0.1) is 25.0 Å². The van der Waals surface area contributed by atoms with Crippen LogP contribution in [-0.4, -0.2) is 53.5 Å². The van der Waals surface area contributed by atoms with Gasteiger partial charge in [0.15, 0.2) is 0 Å². The van der Waals surface area contributed by atoms with Gasteiger partial charge >= 0.3 is 0 Å². The van der Waals surface area contributed by atoms with Crippen LogP contribution in [0.25, 0.3) is 0 Å². The first-order chi connectivity index (χ1) is 15.5. The molecule has 178 valence electrons. The first kappa shape index (κ1) is 24.3. The summed E-state index contributed by atoms with van der Waals surface area (Å²) in [5.74, 6) is 0.854. The Kier molecular flexibility index (Phi) is 9.13. The molecule has 1 saturated heterocycles. The third-order valence-corrected chi connectivity index (χ3v) is 5.79. The highest BCUT2D eigenvalue weighted by Gasteiger charge is 2.25. The van der Waals surface area contributed by atoms with Gasteiger partial charge in [0, 0.05) is 31.6 Å². The Balaban J connectivity index is 1.35. The molecular weight excluding hydrogens is 415 g/mol. The molecule has 3 N–H and O–H groups in total. The Hall–Kier alpha value is -2.36. The summed E-state index contributed by atoms with van der Waals surface area (Å²) in [5.41, 5.74) is 2.90. The summed E-state index contributed by atoms with van der Waals surface area (Å²) in [6.07, 6.45) is 8.20. The number of hydrogen-bond acceptors (Lipinski definition) is 7. The summed E-state index contributed by atoms with van der Waals surface area (Å²) >= 11 is 0. The van der Waals surface area contributed by atoms with E-state index in [0.717, 1.165) is 57.4 Å². The van der Waals surface area contributed by atoms with Gasteiger partial charge in [-0.25, -0.2) is 14.5 Å². The topological polar surface area (TPSA) is 86.3 Å². The number of nitrogens with one attached hydrogen (secondary N) is 2. The average molecular weight is 451 g/mol. The summed E-state index contributed by atoms with van der Waals surface area (Å²) in [6.45, 7) is 6.04. The Bertz CT molecular complexity index is 783. The first-order valence-corrected chi connectivity index (χ1v) is 11.5. The second kappa shape index (κ2) is 12.0. The zero-order chi connectivity index (χ0) is 22.9. The van der Waals surface area contributed by atoms with E-state index >= 15 is 0 Å². The third kappa shape index (κ3) is 6.82. The van der Waals surface area contributed by atoms with Gasteiger partial charge < -0.3 is 20.0 Å². The first-order valence-electron chi connectivity index (χ1n) is 11.5. The lowest BCUT2D eigenvalue weighted by atomic mass is 9.93. The molecule has 0 saturated carbocycles.